The van der Waals surface area contributed by atoms with E-state index in [1.165, 1.54) is 18.6 Å². The summed E-state index contributed by atoms with van der Waals surface area (Å²) in [6.45, 7) is 2.20. The third kappa shape index (κ3) is 6.26. The predicted molar refractivity (Wildman–Crippen MR) is 145 cm³/mol. The lowest BCUT2D eigenvalue weighted by Crippen LogP contribution is -2.52. The Labute approximate surface area is 225 Å². The van der Waals surface area contributed by atoms with Crippen molar-refractivity contribution < 1.29 is 22.8 Å². The number of carbonyl (C=O) groups excluding carboxylic acids is 3. The fourth-order valence-electron chi connectivity index (χ4n) is 5.41. The highest BCUT2D eigenvalue weighted by molar-refractivity contribution is 7.90. The van der Waals surface area contributed by atoms with Crippen LogP contribution in [0.25, 0.3) is 0 Å². The van der Waals surface area contributed by atoms with Gasteiger partial charge in [0.05, 0.1) is 5.56 Å². The minimum Gasteiger partial charge on any atom is -0.352 e. The van der Waals surface area contributed by atoms with Crippen LogP contribution in [0.5, 0.6) is 0 Å². The zero-order chi connectivity index (χ0) is 27.1. The lowest BCUT2D eigenvalue weighted by molar-refractivity contribution is -0.141. The smallest absolute Gasteiger partial charge is 0.269 e. The summed E-state index contributed by atoms with van der Waals surface area (Å²) in [5.41, 5.74) is 1.23. The van der Waals surface area contributed by atoms with Gasteiger partial charge < -0.3 is 10.2 Å². The minimum atomic E-state index is -3.92. The summed E-state index contributed by atoms with van der Waals surface area (Å²) in [5, 5.41) is 3.17. The first-order valence-electron chi connectivity index (χ1n) is 13.6. The molecule has 4 rings (SSSR count). The van der Waals surface area contributed by atoms with Gasteiger partial charge >= 0.3 is 0 Å². The summed E-state index contributed by atoms with van der Waals surface area (Å²) in [5.74, 6) is -0.908. The Hall–Kier alpha value is -3.20. The summed E-state index contributed by atoms with van der Waals surface area (Å²) in [4.78, 5) is 41.1. The number of benzene rings is 2. The molecule has 9 heteroatoms. The van der Waals surface area contributed by atoms with E-state index in [4.69, 9.17) is 0 Å². The maximum Gasteiger partial charge on any atom is 0.269 e. The number of carbonyl (C=O) groups is 3. The van der Waals surface area contributed by atoms with Crippen LogP contribution in [0, 0.1) is 0 Å². The summed E-state index contributed by atoms with van der Waals surface area (Å²) >= 11 is 0. The van der Waals surface area contributed by atoms with E-state index in [-0.39, 0.29) is 47.7 Å². The molecule has 1 atom stereocenters. The summed E-state index contributed by atoms with van der Waals surface area (Å²) in [7, 11) is -3.92. The van der Waals surface area contributed by atoms with Gasteiger partial charge in [-0.2, -0.15) is 0 Å². The van der Waals surface area contributed by atoms with Gasteiger partial charge in [0.1, 0.15) is 10.9 Å². The Bertz CT molecular complexity index is 1240. The van der Waals surface area contributed by atoms with Crippen LogP contribution in [0.2, 0.25) is 0 Å². The first-order chi connectivity index (χ1) is 18.3. The largest absolute Gasteiger partial charge is 0.352 e. The van der Waals surface area contributed by atoms with Crippen LogP contribution >= 0.6 is 0 Å². The Balaban J connectivity index is 1.43. The van der Waals surface area contributed by atoms with E-state index in [2.05, 4.69) is 5.32 Å². The summed E-state index contributed by atoms with van der Waals surface area (Å²) in [6, 6.07) is 15.5. The fourth-order valence-corrected chi connectivity index (χ4v) is 7.02. The van der Waals surface area contributed by atoms with Crippen molar-refractivity contribution in [2.75, 3.05) is 13.1 Å². The molecule has 0 spiro atoms. The molecule has 1 aliphatic carbocycles. The van der Waals surface area contributed by atoms with E-state index in [0.29, 0.717) is 19.4 Å². The first-order valence-corrected chi connectivity index (χ1v) is 15.1. The summed E-state index contributed by atoms with van der Waals surface area (Å²) < 4.78 is 26.6. The molecule has 8 nitrogen and oxygen atoms in total. The molecule has 1 aliphatic heterocycles. The molecule has 204 valence electrons. The third-order valence-electron chi connectivity index (χ3n) is 7.49. The second kappa shape index (κ2) is 12.6. The fraction of sp³-hybridized carbons (Fsp3) is 0.483. The number of hydrogen-bond donors (Lipinski definition) is 1. The molecule has 2 aliphatic rings. The quantitative estimate of drug-likeness (QED) is 0.466. The zero-order valence-electron chi connectivity index (χ0n) is 22.0. The van der Waals surface area contributed by atoms with Gasteiger partial charge in [-0.1, -0.05) is 68.7 Å². The topological polar surface area (TPSA) is 104 Å². The molecule has 0 aromatic heterocycles. The van der Waals surface area contributed by atoms with Crippen LogP contribution in [-0.2, 0) is 26.0 Å². The van der Waals surface area contributed by atoms with E-state index >= 15 is 0 Å². The zero-order valence-corrected chi connectivity index (χ0v) is 22.8. The molecule has 38 heavy (non-hydrogen) atoms. The minimum absolute atomic E-state index is 0.00578. The van der Waals surface area contributed by atoms with Crippen LogP contribution in [-0.4, -0.2) is 60.5 Å². The van der Waals surface area contributed by atoms with E-state index in [1.807, 2.05) is 37.3 Å². The highest BCUT2D eigenvalue weighted by Gasteiger charge is 2.40. The lowest BCUT2D eigenvalue weighted by atomic mass is 9.95. The number of nitrogens with zero attached hydrogens (tertiary/aromatic N) is 2. The van der Waals surface area contributed by atoms with Gasteiger partial charge in [0.25, 0.3) is 15.9 Å². The Morgan fingerprint density at radius 1 is 1.03 bits per heavy atom. The monoisotopic (exact) mass is 539 g/mol. The van der Waals surface area contributed by atoms with Crippen molar-refractivity contribution in [3.8, 4) is 0 Å². The Morgan fingerprint density at radius 3 is 2.39 bits per heavy atom. The molecule has 1 saturated carbocycles. The number of amides is 3. The van der Waals surface area contributed by atoms with Gasteiger partial charge in [0.15, 0.2) is 0 Å². The summed E-state index contributed by atoms with van der Waals surface area (Å²) in [6.07, 6.45) is 6.60. The molecule has 0 bridgehead atoms. The number of fused-ring (bicyclic) bond motifs is 1. The maximum atomic E-state index is 13.5. The third-order valence-corrected chi connectivity index (χ3v) is 9.33. The highest BCUT2D eigenvalue weighted by atomic mass is 32.2. The van der Waals surface area contributed by atoms with Crippen LogP contribution in [0.1, 0.15) is 74.2 Å². The van der Waals surface area contributed by atoms with Crippen LogP contribution in [0.4, 0.5) is 0 Å². The molecule has 0 radical (unpaired) electrons. The predicted octanol–water partition coefficient (Wildman–Crippen LogP) is 3.91. The van der Waals surface area contributed by atoms with Gasteiger partial charge in [-0.15, -0.1) is 0 Å². The average molecular weight is 540 g/mol. The van der Waals surface area contributed by atoms with Crippen LogP contribution < -0.4 is 5.32 Å². The number of hydrogen-bond acceptors (Lipinski definition) is 5. The van der Waals surface area contributed by atoms with Crippen molar-refractivity contribution in [2.45, 2.75) is 81.7 Å². The molecule has 3 amide bonds. The molecular weight excluding hydrogens is 502 g/mol. The van der Waals surface area contributed by atoms with Crippen molar-refractivity contribution >= 4 is 27.7 Å². The number of nitrogens with one attached hydrogen (secondary N) is 1. The SMILES string of the molecule is CC[C@@H](C(=O)NC1CCCCC1)N(CCc1ccccc1)C(=O)CCCN1C(=O)c2ccccc2S1(=O)=O. The van der Waals surface area contributed by atoms with E-state index in [1.54, 1.807) is 17.0 Å². The second-order valence-corrected chi connectivity index (χ2v) is 11.9. The van der Waals surface area contributed by atoms with Crippen molar-refractivity contribution in [3.63, 3.8) is 0 Å². The van der Waals surface area contributed by atoms with Crippen molar-refractivity contribution in [1.82, 2.24) is 14.5 Å². The molecule has 1 N–H and O–H groups in total. The molecule has 1 fully saturated rings. The standard InChI is InChI=1S/C29H37N3O5S/c1-2-25(28(34)30-23-14-7-4-8-15-23)31(21-19-22-12-5-3-6-13-22)27(33)18-11-20-32-29(35)24-16-9-10-17-26(24)38(32,36)37/h3,5-6,9-10,12-13,16-17,23,25H,2,4,7-8,11,14-15,18-21H2,1H3,(H,30,34)/t25-/m0/s1. The number of sulfonamides is 1. The van der Waals surface area contributed by atoms with Crippen LogP contribution in [0.3, 0.4) is 0 Å². The number of rotatable bonds is 11. The molecule has 0 saturated heterocycles. The van der Waals surface area contributed by atoms with Crippen molar-refractivity contribution in [3.05, 3.63) is 65.7 Å². The van der Waals surface area contributed by atoms with E-state index in [9.17, 15) is 22.8 Å². The molecular formula is C29H37N3O5S. The maximum absolute atomic E-state index is 13.5. The van der Waals surface area contributed by atoms with Gasteiger partial charge in [-0.25, -0.2) is 12.7 Å². The van der Waals surface area contributed by atoms with Gasteiger partial charge in [0.2, 0.25) is 11.8 Å². The van der Waals surface area contributed by atoms with Crippen molar-refractivity contribution in [2.24, 2.45) is 0 Å². The van der Waals surface area contributed by atoms with Gasteiger partial charge in [-0.05, 0) is 49.8 Å². The van der Waals surface area contributed by atoms with Gasteiger partial charge in [0, 0.05) is 25.6 Å². The second-order valence-electron chi connectivity index (χ2n) is 10.1. The van der Waals surface area contributed by atoms with Crippen LogP contribution in [0.15, 0.2) is 59.5 Å². The highest BCUT2D eigenvalue weighted by Crippen LogP contribution is 2.30. The van der Waals surface area contributed by atoms with E-state index in [0.717, 1.165) is 35.6 Å². The van der Waals surface area contributed by atoms with E-state index < -0.39 is 22.0 Å². The van der Waals surface area contributed by atoms with Crippen molar-refractivity contribution in [1.29, 1.82) is 0 Å². The normalized spacial score (nSPS) is 17.6. The lowest BCUT2D eigenvalue weighted by Gasteiger charge is -2.33. The average Bonchev–Trinajstić information content (AvgIpc) is 3.12. The van der Waals surface area contributed by atoms with Gasteiger partial charge in [-0.3, -0.25) is 14.4 Å². The Morgan fingerprint density at radius 2 is 1.71 bits per heavy atom. The Kier molecular flexibility index (Phi) is 9.20. The molecule has 1 heterocycles. The first kappa shape index (κ1) is 27.8. The molecule has 2 aromatic rings. The molecule has 2 aromatic carbocycles. The molecule has 0 unspecified atom stereocenters.